The molecule has 1 aromatic heterocycles. The number of anilines is 1. The van der Waals surface area contributed by atoms with Crippen LogP contribution in [-0.2, 0) is 14.3 Å². The van der Waals surface area contributed by atoms with Gasteiger partial charge in [-0.05, 0) is 48.7 Å². The second kappa shape index (κ2) is 6.75. The minimum atomic E-state index is -0.616. The first kappa shape index (κ1) is 16.7. The molecule has 1 aromatic carbocycles. The van der Waals surface area contributed by atoms with Crippen molar-refractivity contribution in [2.75, 3.05) is 12.0 Å². The topological polar surface area (TPSA) is 46.6 Å². The molecule has 6 heteroatoms. The zero-order valence-corrected chi connectivity index (χ0v) is 15.5. The van der Waals surface area contributed by atoms with Crippen LogP contribution in [-0.4, -0.2) is 18.9 Å². The number of thiophene rings is 1. The zero-order valence-electron chi connectivity index (χ0n) is 13.1. The minimum Gasteiger partial charge on any atom is -0.465 e. The lowest BCUT2D eigenvalue weighted by Gasteiger charge is -2.21. The van der Waals surface area contributed by atoms with E-state index in [-0.39, 0.29) is 11.4 Å². The van der Waals surface area contributed by atoms with Crippen molar-refractivity contribution >= 4 is 50.8 Å². The van der Waals surface area contributed by atoms with Gasteiger partial charge in [0.25, 0.3) is 0 Å². The lowest BCUT2D eigenvalue weighted by Crippen LogP contribution is -2.18. The SMILES string of the molecule is COC(=O)C1=C(C)N(c2ccc(Br)cc2)/C(=C/c2cccs2)C1=O. The number of hydrogen-bond acceptors (Lipinski definition) is 5. The van der Waals surface area contributed by atoms with Gasteiger partial charge in [0.2, 0.25) is 5.78 Å². The normalized spacial score (nSPS) is 16.2. The standard InChI is InChI=1S/C18H14BrNO3S/c1-11-16(18(22)23-2)17(21)15(10-14-4-3-9-24-14)20(11)13-7-5-12(19)6-8-13/h3-10H,1-2H3/b15-10+. The molecule has 0 unspecified atom stereocenters. The molecule has 0 saturated carbocycles. The number of benzene rings is 1. The largest absolute Gasteiger partial charge is 0.465 e. The molecule has 0 N–H and O–H groups in total. The Morgan fingerprint density at radius 3 is 2.54 bits per heavy atom. The summed E-state index contributed by atoms with van der Waals surface area (Å²) in [4.78, 5) is 27.6. The summed E-state index contributed by atoms with van der Waals surface area (Å²) in [5, 5.41) is 1.94. The molecule has 0 atom stereocenters. The smallest absolute Gasteiger partial charge is 0.343 e. The van der Waals surface area contributed by atoms with Crippen molar-refractivity contribution in [2.24, 2.45) is 0 Å². The molecule has 1 aliphatic rings. The van der Waals surface area contributed by atoms with Crippen LogP contribution >= 0.6 is 27.3 Å². The Morgan fingerprint density at radius 1 is 1.25 bits per heavy atom. The van der Waals surface area contributed by atoms with E-state index in [1.807, 2.05) is 41.8 Å². The summed E-state index contributed by atoms with van der Waals surface area (Å²) < 4.78 is 5.73. The molecule has 3 rings (SSSR count). The van der Waals surface area contributed by atoms with Gasteiger partial charge >= 0.3 is 5.97 Å². The van der Waals surface area contributed by atoms with Crippen molar-refractivity contribution in [3.05, 3.63) is 68.1 Å². The first-order valence-corrected chi connectivity index (χ1v) is 8.85. The van der Waals surface area contributed by atoms with Gasteiger partial charge in [-0.2, -0.15) is 0 Å². The summed E-state index contributed by atoms with van der Waals surface area (Å²) >= 11 is 4.94. The molecule has 0 aliphatic carbocycles. The Kier molecular flexibility index (Phi) is 4.69. The average molecular weight is 404 g/mol. The van der Waals surface area contributed by atoms with Crippen LogP contribution < -0.4 is 4.90 Å². The van der Waals surface area contributed by atoms with Crippen molar-refractivity contribution < 1.29 is 14.3 Å². The first-order chi connectivity index (χ1) is 11.5. The molecule has 4 nitrogen and oxygen atoms in total. The van der Waals surface area contributed by atoms with Gasteiger partial charge in [0.1, 0.15) is 5.57 Å². The maximum Gasteiger partial charge on any atom is 0.343 e. The molecule has 0 bridgehead atoms. The Bertz CT molecular complexity index is 851. The van der Waals surface area contributed by atoms with Crippen molar-refractivity contribution in [3.63, 3.8) is 0 Å². The van der Waals surface area contributed by atoms with Gasteiger partial charge in [0.15, 0.2) is 0 Å². The molecule has 122 valence electrons. The Hall–Kier alpha value is -2.18. The molecular weight excluding hydrogens is 390 g/mol. The van der Waals surface area contributed by atoms with E-state index in [0.29, 0.717) is 11.4 Å². The molecule has 2 aromatic rings. The van der Waals surface area contributed by atoms with Gasteiger partial charge < -0.3 is 9.64 Å². The van der Waals surface area contributed by atoms with Crippen LogP contribution in [0.5, 0.6) is 0 Å². The number of carbonyl (C=O) groups is 2. The van der Waals surface area contributed by atoms with E-state index in [0.717, 1.165) is 15.0 Å². The monoisotopic (exact) mass is 403 g/mol. The number of hydrogen-bond donors (Lipinski definition) is 0. The number of nitrogens with zero attached hydrogens (tertiary/aromatic N) is 1. The van der Waals surface area contributed by atoms with Gasteiger partial charge in [-0.3, -0.25) is 4.79 Å². The minimum absolute atomic E-state index is 0.0724. The van der Waals surface area contributed by atoms with E-state index < -0.39 is 5.97 Å². The highest BCUT2D eigenvalue weighted by Crippen LogP contribution is 2.36. The van der Waals surface area contributed by atoms with E-state index in [9.17, 15) is 9.59 Å². The Labute approximate surface area is 152 Å². The summed E-state index contributed by atoms with van der Waals surface area (Å²) in [6.45, 7) is 1.75. The van der Waals surface area contributed by atoms with Crippen LogP contribution in [0.3, 0.4) is 0 Å². The highest BCUT2D eigenvalue weighted by atomic mass is 79.9. The highest BCUT2D eigenvalue weighted by Gasteiger charge is 2.38. The van der Waals surface area contributed by atoms with E-state index in [4.69, 9.17) is 4.74 Å². The van der Waals surface area contributed by atoms with E-state index >= 15 is 0 Å². The fraction of sp³-hybridized carbons (Fsp3) is 0.111. The van der Waals surface area contributed by atoms with Crippen LogP contribution in [0.4, 0.5) is 5.69 Å². The van der Waals surface area contributed by atoms with E-state index in [1.54, 1.807) is 17.9 Å². The molecule has 24 heavy (non-hydrogen) atoms. The van der Waals surface area contributed by atoms with Crippen molar-refractivity contribution in [2.45, 2.75) is 6.92 Å². The van der Waals surface area contributed by atoms with Crippen LogP contribution in [0.1, 0.15) is 11.8 Å². The van der Waals surface area contributed by atoms with Gasteiger partial charge in [-0.25, -0.2) is 4.79 Å². The molecule has 0 spiro atoms. The number of rotatable bonds is 3. The molecule has 0 amide bonds. The Balaban J connectivity index is 2.15. The fourth-order valence-electron chi connectivity index (χ4n) is 2.59. The van der Waals surface area contributed by atoms with Gasteiger partial charge in [0.05, 0.1) is 12.8 Å². The van der Waals surface area contributed by atoms with E-state index in [2.05, 4.69) is 15.9 Å². The number of allylic oxidation sites excluding steroid dienone is 2. The summed E-state index contributed by atoms with van der Waals surface area (Å²) in [5.74, 6) is -0.940. The third-order valence-corrected chi connectivity index (χ3v) is 5.04. The highest BCUT2D eigenvalue weighted by molar-refractivity contribution is 9.10. The van der Waals surface area contributed by atoms with Crippen molar-refractivity contribution in [1.29, 1.82) is 0 Å². The maximum atomic E-state index is 12.8. The van der Waals surface area contributed by atoms with Crippen LogP contribution in [0, 0.1) is 0 Å². The van der Waals surface area contributed by atoms with Crippen LogP contribution in [0.25, 0.3) is 6.08 Å². The number of Topliss-reactive ketones (excluding diaryl/α,β-unsaturated/α-hetero) is 1. The van der Waals surface area contributed by atoms with Gasteiger partial charge in [0, 0.05) is 20.7 Å². The number of halogens is 1. The fourth-order valence-corrected chi connectivity index (χ4v) is 3.51. The second-order valence-corrected chi connectivity index (χ2v) is 7.03. The summed E-state index contributed by atoms with van der Waals surface area (Å²) in [6, 6.07) is 11.4. The lowest BCUT2D eigenvalue weighted by atomic mass is 10.1. The first-order valence-electron chi connectivity index (χ1n) is 7.17. The average Bonchev–Trinajstić information content (AvgIpc) is 3.16. The quantitative estimate of drug-likeness (QED) is 0.433. The number of esters is 1. The Morgan fingerprint density at radius 2 is 1.96 bits per heavy atom. The number of ether oxygens (including phenoxy) is 1. The zero-order chi connectivity index (χ0) is 17.3. The molecular formula is C18H14BrNO3S. The molecule has 0 saturated heterocycles. The number of ketones is 1. The van der Waals surface area contributed by atoms with Gasteiger partial charge in [-0.15, -0.1) is 11.3 Å². The predicted octanol–water partition coefficient (Wildman–Crippen LogP) is 4.39. The molecule has 1 aliphatic heterocycles. The molecule has 0 fully saturated rings. The molecule has 2 heterocycles. The summed E-state index contributed by atoms with van der Waals surface area (Å²) in [7, 11) is 1.28. The van der Waals surface area contributed by atoms with Gasteiger partial charge in [-0.1, -0.05) is 22.0 Å². The lowest BCUT2D eigenvalue weighted by molar-refractivity contribution is -0.137. The predicted molar refractivity (Wildman–Crippen MR) is 98.6 cm³/mol. The maximum absolute atomic E-state index is 12.8. The summed E-state index contributed by atoms with van der Waals surface area (Å²) in [5.41, 5.74) is 1.89. The summed E-state index contributed by atoms with van der Waals surface area (Å²) in [6.07, 6.45) is 1.80. The second-order valence-electron chi connectivity index (χ2n) is 5.14. The number of methoxy groups -OCH3 is 1. The van der Waals surface area contributed by atoms with E-state index in [1.165, 1.54) is 18.4 Å². The molecule has 0 radical (unpaired) electrons. The number of carbonyl (C=O) groups excluding carboxylic acids is 2. The van der Waals surface area contributed by atoms with Crippen molar-refractivity contribution in [3.8, 4) is 0 Å². The third kappa shape index (κ3) is 2.95. The van der Waals surface area contributed by atoms with Crippen LogP contribution in [0.2, 0.25) is 0 Å². The van der Waals surface area contributed by atoms with Crippen molar-refractivity contribution in [1.82, 2.24) is 0 Å². The van der Waals surface area contributed by atoms with Crippen LogP contribution in [0.15, 0.2) is 63.2 Å². The third-order valence-electron chi connectivity index (χ3n) is 3.69.